The smallest absolute Gasteiger partial charge is 0.396 e. The summed E-state index contributed by atoms with van der Waals surface area (Å²) in [5.74, 6) is 0.367. The molecule has 1 saturated carbocycles. The Bertz CT molecular complexity index is 844. The summed E-state index contributed by atoms with van der Waals surface area (Å²) >= 11 is 0. The molecule has 0 bridgehead atoms. The molecule has 0 aliphatic heterocycles. The molecule has 3 rings (SSSR count). The van der Waals surface area contributed by atoms with Crippen LogP contribution >= 0.6 is 0 Å². The van der Waals surface area contributed by atoms with E-state index in [1.165, 1.54) is 12.1 Å². The molecule has 0 amide bonds. The highest BCUT2D eigenvalue weighted by Gasteiger charge is 2.42. The van der Waals surface area contributed by atoms with E-state index in [-0.39, 0.29) is 42.5 Å². The second-order valence-electron chi connectivity index (χ2n) is 8.22. The molecule has 4 atom stereocenters. The molecule has 1 fully saturated rings. The van der Waals surface area contributed by atoms with Crippen molar-refractivity contribution in [2.24, 2.45) is 11.8 Å². The molecule has 1 aliphatic carbocycles. The van der Waals surface area contributed by atoms with Crippen molar-refractivity contribution >= 4 is 0 Å². The van der Waals surface area contributed by atoms with Crippen molar-refractivity contribution in [1.82, 2.24) is 15.3 Å². The minimum absolute atomic E-state index is 0.0305. The van der Waals surface area contributed by atoms with E-state index >= 15 is 0 Å². The van der Waals surface area contributed by atoms with Gasteiger partial charge in [0.15, 0.2) is 0 Å². The third-order valence-electron chi connectivity index (χ3n) is 5.84. The standard InChI is InChI=1S/C22H28F3N3O2/c1-13(2)21-26-8-7-15(28-21)9-16-17(12-29)20(30)10-19(16)27-11-14-5-3-4-6-18(14)22(23,24)25/h3-8,13,16-17,19-20,27,29-30H,9-12H2,1-2H3. The Balaban J connectivity index is 1.77. The van der Waals surface area contributed by atoms with Gasteiger partial charge < -0.3 is 15.5 Å². The molecule has 0 spiro atoms. The largest absolute Gasteiger partial charge is 0.416 e. The highest BCUT2D eigenvalue weighted by molar-refractivity contribution is 5.29. The van der Waals surface area contributed by atoms with Crippen molar-refractivity contribution in [1.29, 1.82) is 0 Å². The number of alkyl halides is 3. The van der Waals surface area contributed by atoms with Crippen molar-refractivity contribution in [3.05, 3.63) is 59.2 Å². The van der Waals surface area contributed by atoms with Gasteiger partial charge in [-0.15, -0.1) is 0 Å². The van der Waals surface area contributed by atoms with Crippen molar-refractivity contribution in [3.63, 3.8) is 0 Å². The maximum Gasteiger partial charge on any atom is 0.416 e. The summed E-state index contributed by atoms with van der Waals surface area (Å²) in [7, 11) is 0. The number of nitrogens with zero attached hydrogens (tertiary/aromatic N) is 2. The average molecular weight is 423 g/mol. The molecule has 0 radical (unpaired) electrons. The molecule has 8 heteroatoms. The Labute approximate surface area is 174 Å². The summed E-state index contributed by atoms with van der Waals surface area (Å²) in [6.07, 6.45) is -2.58. The molecule has 1 aliphatic rings. The molecular weight excluding hydrogens is 395 g/mol. The third kappa shape index (κ3) is 5.17. The summed E-state index contributed by atoms with van der Waals surface area (Å²) < 4.78 is 39.8. The molecule has 4 unspecified atom stereocenters. The molecular formula is C22H28F3N3O2. The Hall–Kier alpha value is -2.03. The van der Waals surface area contributed by atoms with E-state index in [0.717, 1.165) is 17.6 Å². The molecule has 1 aromatic heterocycles. The number of halogens is 3. The van der Waals surface area contributed by atoms with E-state index in [1.54, 1.807) is 18.3 Å². The molecule has 30 heavy (non-hydrogen) atoms. The first-order chi connectivity index (χ1) is 14.2. The van der Waals surface area contributed by atoms with Gasteiger partial charge in [0.1, 0.15) is 5.82 Å². The van der Waals surface area contributed by atoms with Crippen LogP contribution in [0, 0.1) is 11.8 Å². The summed E-state index contributed by atoms with van der Waals surface area (Å²) in [6, 6.07) is 7.05. The van der Waals surface area contributed by atoms with Crippen molar-refractivity contribution in [2.45, 2.75) is 57.5 Å². The van der Waals surface area contributed by atoms with Crippen LogP contribution in [-0.4, -0.2) is 38.9 Å². The first-order valence-corrected chi connectivity index (χ1v) is 10.2. The van der Waals surface area contributed by atoms with Crippen LogP contribution in [0.4, 0.5) is 13.2 Å². The van der Waals surface area contributed by atoms with E-state index in [1.807, 2.05) is 13.8 Å². The first-order valence-electron chi connectivity index (χ1n) is 10.2. The van der Waals surface area contributed by atoms with Gasteiger partial charge in [-0.1, -0.05) is 32.0 Å². The van der Waals surface area contributed by atoms with Crippen LogP contribution in [0.15, 0.2) is 36.5 Å². The number of rotatable bonds is 7. The van der Waals surface area contributed by atoms with Gasteiger partial charge in [0, 0.05) is 42.9 Å². The van der Waals surface area contributed by atoms with Gasteiger partial charge in [-0.2, -0.15) is 13.2 Å². The van der Waals surface area contributed by atoms with E-state index in [0.29, 0.717) is 12.8 Å². The Morgan fingerprint density at radius 2 is 1.90 bits per heavy atom. The van der Waals surface area contributed by atoms with Crippen LogP contribution < -0.4 is 5.32 Å². The van der Waals surface area contributed by atoms with E-state index in [2.05, 4.69) is 15.3 Å². The number of hydrogen-bond acceptors (Lipinski definition) is 5. The zero-order valence-corrected chi connectivity index (χ0v) is 17.1. The van der Waals surface area contributed by atoms with Gasteiger partial charge in [-0.05, 0) is 36.5 Å². The quantitative estimate of drug-likeness (QED) is 0.637. The zero-order chi connectivity index (χ0) is 21.9. The van der Waals surface area contributed by atoms with Gasteiger partial charge >= 0.3 is 6.18 Å². The highest BCUT2D eigenvalue weighted by atomic mass is 19.4. The predicted octanol–water partition coefficient (Wildman–Crippen LogP) is 3.31. The number of aliphatic hydroxyl groups excluding tert-OH is 2. The van der Waals surface area contributed by atoms with Gasteiger partial charge in [0.25, 0.3) is 0 Å². The van der Waals surface area contributed by atoms with Crippen molar-refractivity contribution < 1.29 is 23.4 Å². The SMILES string of the molecule is CC(C)c1nccc(CC2C(NCc3ccccc3C(F)(F)F)CC(O)C2CO)n1. The van der Waals surface area contributed by atoms with Gasteiger partial charge in [0.2, 0.25) is 0 Å². The van der Waals surface area contributed by atoms with E-state index in [9.17, 15) is 23.4 Å². The average Bonchev–Trinajstić information content (AvgIpc) is 3.00. The summed E-state index contributed by atoms with van der Waals surface area (Å²) in [4.78, 5) is 8.84. The van der Waals surface area contributed by atoms with Crippen molar-refractivity contribution in [2.75, 3.05) is 6.61 Å². The van der Waals surface area contributed by atoms with E-state index in [4.69, 9.17) is 0 Å². The first kappa shape index (κ1) is 22.7. The normalized spacial score (nSPS) is 24.5. The van der Waals surface area contributed by atoms with E-state index < -0.39 is 17.8 Å². The minimum atomic E-state index is -4.42. The fourth-order valence-electron chi connectivity index (χ4n) is 4.22. The van der Waals surface area contributed by atoms with Crippen LogP contribution in [0.3, 0.4) is 0 Å². The maximum absolute atomic E-state index is 13.3. The molecule has 1 aromatic carbocycles. The summed E-state index contributed by atoms with van der Waals surface area (Å²) in [5.41, 5.74) is 0.298. The molecule has 2 aromatic rings. The third-order valence-corrected chi connectivity index (χ3v) is 5.84. The van der Waals surface area contributed by atoms with Crippen LogP contribution in [-0.2, 0) is 19.1 Å². The lowest BCUT2D eigenvalue weighted by Gasteiger charge is -2.25. The monoisotopic (exact) mass is 423 g/mol. The second-order valence-corrected chi connectivity index (χ2v) is 8.22. The fourth-order valence-corrected chi connectivity index (χ4v) is 4.22. The lowest BCUT2D eigenvalue weighted by molar-refractivity contribution is -0.138. The topological polar surface area (TPSA) is 78.3 Å². The Morgan fingerprint density at radius 3 is 2.57 bits per heavy atom. The maximum atomic E-state index is 13.3. The molecule has 5 nitrogen and oxygen atoms in total. The molecule has 0 saturated heterocycles. The van der Waals surface area contributed by atoms with Crippen LogP contribution in [0.25, 0.3) is 0 Å². The minimum Gasteiger partial charge on any atom is -0.396 e. The predicted molar refractivity (Wildman–Crippen MR) is 107 cm³/mol. The highest BCUT2D eigenvalue weighted by Crippen LogP contribution is 2.36. The number of hydrogen-bond donors (Lipinski definition) is 3. The lowest BCUT2D eigenvalue weighted by Crippen LogP contribution is -2.36. The molecule has 164 valence electrons. The van der Waals surface area contributed by atoms with Gasteiger partial charge in [-0.3, -0.25) is 0 Å². The zero-order valence-electron chi connectivity index (χ0n) is 17.1. The summed E-state index contributed by atoms with van der Waals surface area (Å²) in [6.45, 7) is 3.84. The number of nitrogens with one attached hydrogen (secondary N) is 1. The molecule has 3 N–H and O–H groups in total. The van der Waals surface area contributed by atoms with Gasteiger partial charge in [-0.25, -0.2) is 9.97 Å². The summed E-state index contributed by atoms with van der Waals surface area (Å²) in [5, 5.41) is 23.4. The Morgan fingerprint density at radius 1 is 1.17 bits per heavy atom. The number of benzene rings is 1. The van der Waals surface area contributed by atoms with Crippen LogP contribution in [0.2, 0.25) is 0 Å². The van der Waals surface area contributed by atoms with Gasteiger partial charge in [0.05, 0.1) is 11.7 Å². The van der Waals surface area contributed by atoms with Crippen LogP contribution in [0.5, 0.6) is 0 Å². The fraction of sp³-hybridized carbons (Fsp3) is 0.545. The lowest BCUT2D eigenvalue weighted by atomic mass is 9.88. The Kier molecular flexibility index (Phi) is 7.10. The second kappa shape index (κ2) is 9.41. The van der Waals surface area contributed by atoms with Crippen molar-refractivity contribution in [3.8, 4) is 0 Å². The molecule has 1 heterocycles. The number of aromatic nitrogens is 2. The number of aliphatic hydroxyl groups is 2. The van der Waals surface area contributed by atoms with Crippen LogP contribution in [0.1, 0.15) is 48.8 Å².